The molecule has 1 N–H and O–H groups in total. The summed E-state index contributed by atoms with van der Waals surface area (Å²) < 4.78 is 39.7. The molecule has 3 aromatic rings. The van der Waals surface area contributed by atoms with Gasteiger partial charge in [-0.2, -0.15) is 0 Å². The van der Waals surface area contributed by atoms with E-state index in [0.29, 0.717) is 11.3 Å². The Morgan fingerprint density at radius 1 is 1.00 bits per heavy atom. The predicted molar refractivity (Wildman–Crippen MR) is 118 cm³/mol. The van der Waals surface area contributed by atoms with Crippen LogP contribution in [0.4, 0.5) is 15.8 Å². The van der Waals surface area contributed by atoms with Crippen LogP contribution in [0.1, 0.15) is 27.0 Å². The number of hydrogen-bond donors (Lipinski definition) is 1. The molecule has 3 aromatic carbocycles. The van der Waals surface area contributed by atoms with Gasteiger partial charge in [-0.25, -0.2) is 12.8 Å². The number of sulfonamides is 1. The summed E-state index contributed by atoms with van der Waals surface area (Å²) in [6, 6.07) is 18.0. The van der Waals surface area contributed by atoms with Gasteiger partial charge < -0.3 is 5.32 Å². The molecule has 0 bridgehead atoms. The van der Waals surface area contributed by atoms with Crippen molar-refractivity contribution in [2.75, 3.05) is 15.9 Å². The van der Waals surface area contributed by atoms with E-state index in [1.165, 1.54) is 6.07 Å². The van der Waals surface area contributed by atoms with Crippen molar-refractivity contribution in [2.24, 2.45) is 0 Å². The maximum absolute atomic E-state index is 14.0. The van der Waals surface area contributed by atoms with Crippen molar-refractivity contribution >= 4 is 27.3 Å². The van der Waals surface area contributed by atoms with Crippen molar-refractivity contribution in [2.45, 2.75) is 20.4 Å². The van der Waals surface area contributed by atoms with Crippen molar-refractivity contribution in [3.05, 3.63) is 94.8 Å². The predicted octanol–water partition coefficient (Wildman–Crippen LogP) is 4.66. The van der Waals surface area contributed by atoms with Gasteiger partial charge in [-0.05, 0) is 61.4 Å². The lowest BCUT2D eigenvalue weighted by Gasteiger charge is -2.23. The number of halogens is 1. The Balaban J connectivity index is 1.84. The van der Waals surface area contributed by atoms with Gasteiger partial charge in [0, 0.05) is 16.8 Å². The van der Waals surface area contributed by atoms with Crippen LogP contribution in [0.15, 0.2) is 66.7 Å². The molecule has 0 saturated carbocycles. The molecule has 0 aromatic heterocycles. The van der Waals surface area contributed by atoms with Gasteiger partial charge in [0.15, 0.2) is 0 Å². The first-order chi connectivity index (χ1) is 14.1. The topological polar surface area (TPSA) is 66.5 Å². The molecule has 0 heterocycles. The van der Waals surface area contributed by atoms with Gasteiger partial charge in [0.05, 0.1) is 18.5 Å². The largest absolute Gasteiger partial charge is 0.322 e. The standard InChI is InChI=1S/C23H23FN2O3S/c1-16-8-9-17(2)22(14-16)25-23(27)18-10-12-20(13-11-18)26(30(3,28)29)15-19-6-4-5-7-21(19)24/h4-14H,15H2,1-3H3,(H,25,27). The Morgan fingerprint density at radius 3 is 2.30 bits per heavy atom. The van der Waals surface area contributed by atoms with Gasteiger partial charge in [0.1, 0.15) is 5.82 Å². The molecule has 0 radical (unpaired) electrons. The summed E-state index contributed by atoms with van der Waals surface area (Å²) in [5.41, 5.74) is 3.70. The summed E-state index contributed by atoms with van der Waals surface area (Å²) in [5, 5.41) is 2.87. The van der Waals surface area contributed by atoms with Crippen molar-refractivity contribution in [3.63, 3.8) is 0 Å². The SMILES string of the molecule is Cc1ccc(C)c(NC(=O)c2ccc(N(Cc3ccccc3F)S(C)(=O)=O)cc2)c1. The highest BCUT2D eigenvalue weighted by molar-refractivity contribution is 7.92. The van der Waals surface area contributed by atoms with Crippen LogP contribution >= 0.6 is 0 Å². The molecule has 5 nitrogen and oxygen atoms in total. The fourth-order valence-electron chi connectivity index (χ4n) is 3.03. The third-order valence-electron chi connectivity index (χ3n) is 4.73. The monoisotopic (exact) mass is 426 g/mol. The molecule has 0 fully saturated rings. The van der Waals surface area contributed by atoms with Crippen LogP contribution in [0, 0.1) is 19.7 Å². The number of anilines is 2. The minimum absolute atomic E-state index is 0.139. The van der Waals surface area contributed by atoms with Crippen molar-refractivity contribution in [1.82, 2.24) is 0 Å². The van der Waals surface area contributed by atoms with Crippen molar-refractivity contribution in [1.29, 1.82) is 0 Å². The van der Waals surface area contributed by atoms with Crippen LogP contribution in [-0.2, 0) is 16.6 Å². The first kappa shape index (κ1) is 21.5. The third-order valence-corrected chi connectivity index (χ3v) is 5.87. The molecule has 0 saturated heterocycles. The molecule has 0 aliphatic heterocycles. The van der Waals surface area contributed by atoms with Gasteiger partial charge in [-0.15, -0.1) is 0 Å². The fraction of sp³-hybridized carbons (Fsp3) is 0.174. The van der Waals surface area contributed by atoms with Gasteiger partial charge in [-0.1, -0.05) is 30.3 Å². The van der Waals surface area contributed by atoms with E-state index in [2.05, 4.69) is 5.32 Å². The zero-order chi connectivity index (χ0) is 21.9. The summed E-state index contributed by atoms with van der Waals surface area (Å²) in [6.07, 6.45) is 1.06. The van der Waals surface area contributed by atoms with Crippen LogP contribution in [0.5, 0.6) is 0 Å². The summed E-state index contributed by atoms with van der Waals surface area (Å²) in [7, 11) is -3.66. The molecule has 0 aliphatic rings. The Labute approximate surface area is 176 Å². The van der Waals surface area contributed by atoms with E-state index in [4.69, 9.17) is 0 Å². The first-order valence-electron chi connectivity index (χ1n) is 9.35. The zero-order valence-electron chi connectivity index (χ0n) is 17.0. The van der Waals surface area contributed by atoms with Crippen LogP contribution in [0.2, 0.25) is 0 Å². The number of nitrogens with one attached hydrogen (secondary N) is 1. The van der Waals surface area contributed by atoms with Crippen LogP contribution in [-0.4, -0.2) is 20.6 Å². The number of nitrogens with zero attached hydrogens (tertiary/aromatic N) is 1. The van der Waals surface area contributed by atoms with E-state index < -0.39 is 15.8 Å². The maximum Gasteiger partial charge on any atom is 0.255 e. The molecule has 3 rings (SSSR count). The van der Waals surface area contributed by atoms with E-state index in [0.717, 1.165) is 27.4 Å². The molecule has 156 valence electrons. The number of carbonyl (C=O) groups is 1. The Morgan fingerprint density at radius 2 is 1.67 bits per heavy atom. The van der Waals surface area contributed by atoms with Gasteiger partial charge in [0.2, 0.25) is 10.0 Å². The molecule has 0 unspecified atom stereocenters. The highest BCUT2D eigenvalue weighted by Gasteiger charge is 2.20. The number of rotatable bonds is 6. The molecular formula is C23H23FN2O3S. The van der Waals surface area contributed by atoms with Crippen LogP contribution in [0.3, 0.4) is 0 Å². The second-order valence-corrected chi connectivity index (χ2v) is 9.09. The van der Waals surface area contributed by atoms with Crippen LogP contribution < -0.4 is 9.62 Å². The number of aryl methyl sites for hydroxylation is 2. The number of amides is 1. The van der Waals surface area contributed by atoms with Gasteiger partial charge in [0.25, 0.3) is 5.91 Å². The molecule has 30 heavy (non-hydrogen) atoms. The minimum Gasteiger partial charge on any atom is -0.322 e. The molecular weight excluding hydrogens is 403 g/mol. The van der Waals surface area contributed by atoms with E-state index in [-0.39, 0.29) is 18.0 Å². The lowest BCUT2D eigenvalue weighted by atomic mass is 10.1. The number of hydrogen-bond acceptors (Lipinski definition) is 3. The average molecular weight is 427 g/mol. The Hall–Kier alpha value is -3.19. The quantitative estimate of drug-likeness (QED) is 0.623. The molecule has 0 atom stereocenters. The molecule has 0 aliphatic carbocycles. The first-order valence-corrected chi connectivity index (χ1v) is 11.2. The smallest absolute Gasteiger partial charge is 0.255 e. The highest BCUT2D eigenvalue weighted by atomic mass is 32.2. The number of benzene rings is 3. The van der Waals surface area contributed by atoms with Gasteiger partial charge >= 0.3 is 0 Å². The maximum atomic E-state index is 14.0. The van der Waals surface area contributed by atoms with E-state index >= 15 is 0 Å². The van der Waals surface area contributed by atoms with Crippen molar-refractivity contribution < 1.29 is 17.6 Å². The number of carbonyl (C=O) groups excluding carboxylic acids is 1. The second kappa shape index (κ2) is 8.67. The van der Waals surface area contributed by atoms with E-state index in [9.17, 15) is 17.6 Å². The summed E-state index contributed by atoms with van der Waals surface area (Å²) in [5.74, 6) is -0.772. The van der Waals surface area contributed by atoms with E-state index in [1.807, 2.05) is 32.0 Å². The van der Waals surface area contributed by atoms with Crippen molar-refractivity contribution in [3.8, 4) is 0 Å². The average Bonchev–Trinajstić information content (AvgIpc) is 2.69. The Bertz CT molecular complexity index is 1180. The lowest BCUT2D eigenvalue weighted by Crippen LogP contribution is -2.29. The summed E-state index contributed by atoms with van der Waals surface area (Å²) >= 11 is 0. The zero-order valence-corrected chi connectivity index (χ0v) is 17.8. The molecule has 0 spiro atoms. The minimum atomic E-state index is -3.66. The Kier molecular flexibility index (Phi) is 6.22. The highest BCUT2D eigenvalue weighted by Crippen LogP contribution is 2.23. The summed E-state index contributed by atoms with van der Waals surface area (Å²) in [6.45, 7) is 3.71. The van der Waals surface area contributed by atoms with E-state index in [1.54, 1.807) is 42.5 Å². The summed E-state index contributed by atoms with van der Waals surface area (Å²) in [4.78, 5) is 12.6. The molecule has 7 heteroatoms. The fourth-order valence-corrected chi connectivity index (χ4v) is 3.90. The lowest BCUT2D eigenvalue weighted by molar-refractivity contribution is 0.102. The normalized spacial score (nSPS) is 11.2. The third kappa shape index (κ3) is 5.04. The second-order valence-electron chi connectivity index (χ2n) is 7.18. The molecule has 1 amide bonds. The van der Waals surface area contributed by atoms with Crippen LogP contribution in [0.25, 0.3) is 0 Å². The van der Waals surface area contributed by atoms with Gasteiger partial charge in [-0.3, -0.25) is 9.10 Å².